The van der Waals surface area contributed by atoms with Gasteiger partial charge in [0.2, 0.25) is 4.96 Å². The van der Waals surface area contributed by atoms with E-state index in [1.807, 2.05) is 28.8 Å². The molecule has 0 aliphatic rings. The monoisotopic (exact) mass is 325 g/mol. The second kappa shape index (κ2) is 5.23. The van der Waals surface area contributed by atoms with Gasteiger partial charge in [-0.1, -0.05) is 71.0 Å². The SMILES string of the molecule is Cc1ccc(-c2c(-c3ccccc3Cl)sc3ncnn23)cc1. The van der Waals surface area contributed by atoms with Gasteiger partial charge in [0.25, 0.3) is 0 Å². The lowest BCUT2D eigenvalue weighted by Crippen LogP contribution is -1.90. The highest BCUT2D eigenvalue weighted by molar-refractivity contribution is 7.20. The summed E-state index contributed by atoms with van der Waals surface area (Å²) in [5.41, 5.74) is 4.38. The van der Waals surface area contributed by atoms with E-state index in [1.54, 1.807) is 17.7 Å². The molecule has 3 nitrogen and oxygen atoms in total. The van der Waals surface area contributed by atoms with Crippen molar-refractivity contribution in [1.82, 2.24) is 14.6 Å². The highest BCUT2D eigenvalue weighted by atomic mass is 35.5. The van der Waals surface area contributed by atoms with E-state index < -0.39 is 0 Å². The van der Waals surface area contributed by atoms with Crippen molar-refractivity contribution in [1.29, 1.82) is 0 Å². The molecule has 0 bridgehead atoms. The Bertz CT molecular complexity index is 954. The van der Waals surface area contributed by atoms with Crippen LogP contribution in [0, 0.1) is 6.92 Å². The molecule has 4 rings (SSSR count). The minimum absolute atomic E-state index is 0.736. The Labute approximate surface area is 136 Å². The molecule has 0 aliphatic carbocycles. The zero-order valence-electron chi connectivity index (χ0n) is 11.8. The van der Waals surface area contributed by atoms with E-state index >= 15 is 0 Å². The van der Waals surface area contributed by atoms with Crippen LogP contribution in [0.4, 0.5) is 0 Å². The molecule has 0 spiro atoms. The van der Waals surface area contributed by atoms with Gasteiger partial charge in [-0.05, 0) is 13.0 Å². The van der Waals surface area contributed by atoms with Crippen molar-refractivity contribution in [3.8, 4) is 21.7 Å². The van der Waals surface area contributed by atoms with E-state index in [4.69, 9.17) is 11.6 Å². The van der Waals surface area contributed by atoms with E-state index in [9.17, 15) is 0 Å². The number of hydrogen-bond donors (Lipinski definition) is 0. The van der Waals surface area contributed by atoms with Crippen LogP contribution in [0.15, 0.2) is 54.9 Å². The van der Waals surface area contributed by atoms with Crippen LogP contribution in [0.2, 0.25) is 5.02 Å². The van der Waals surface area contributed by atoms with Gasteiger partial charge in [-0.3, -0.25) is 0 Å². The number of aryl methyl sites for hydroxylation is 1. The average Bonchev–Trinajstić information content (AvgIpc) is 3.09. The summed E-state index contributed by atoms with van der Waals surface area (Å²) in [5, 5.41) is 5.10. The fraction of sp³-hybridized carbons (Fsp3) is 0.0588. The highest BCUT2D eigenvalue weighted by Crippen LogP contribution is 2.41. The Balaban J connectivity index is 2.03. The molecule has 0 N–H and O–H groups in total. The fourth-order valence-corrected chi connectivity index (χ4v) is 3.86. The van der Waals surface area contributed by atoms with E-state index in [2.05, 4.69) is 41.3 Å². The van der Waals surface area contributed by atoms with E-state index in [0.29, 0.717) is 0 Å². The molecule has 4 aromatic rings. The van der Waals surface area contributed by atoms with E-state index in [1.165, 1.54) is 5.56 Å². The molecule has 108 valence electrons. The summed E-state index contributed by atoms with van der Waals surface area (Å²) in [6.07, 6.45) is 1.58. The molecule has 0 fully saturated rings. The van der Waals surface area contributed by atoms with Gasteiger partial charge in [-0.15, -0.1) is 0 Å². The van der Waals surface area contributed by atoms with Crippen molar-refractivity contribution < 1.29 is 0 Å². The van der Waals surface area contributed by atoms with Gasteiger partial charge in [0.1, 0.15) is 6.33 Å². The van der Waals surface area contributed by atoms with Crippen molar-refractivity contribution in [3.63, 3.8) is 0 Å². The maximum absolute atomic E-state index is 6.39. The lowest BCUT2D eigenvalue weighted by Gasteiger charge is -2.06. The first-order valence-electron chi connectivity index (χ1n) is 6.88. The Kier molecular flexibility index (Phi) is 3.21. The molecule has 0 unspecified atom stereocenters. The van der Waals surface area contributed by atoms with Crippen LogP contribution in [-0.4, -0.2) is 14.6 Å². The lowest BCUT2D eigenvalue weighted by molar-refractivity contribution is 0.985. The molecule has 2 aromatic heterocycles. The molecular weight excluding hydrogens is 314 g/mol. The van der Waals surface area contributed by atoms with Gasteiger partial charge in [0.05, 0.1) is 10.6 Å². The molecule has 22 heavy (non-hydrogen) atoms. The van der Waals surface area contributed by atoms with Crippen LogP contribution < -0.4 is 0 Å². The van der Waals surface area contributed by atoms with Crippen LogP contribution in [0.25, 0.3) is 26.7 Å². The summed E-state index contributed by atoms with van der Waals surface area (Å²) in [6.45, 7) is 2.08. The van der Waals surface area contributed by atoms with Crippen LogP contribution in [0.5, 0.6) is 0 Å². The smallest absolute Gasteiger partial charge is 0.206 e. The topological polar surface area (TPSA) is 30.2 Å². The van der Waals surface area contributed by atoms with Crippen molar-refractivity contribution in [2.45, 2.75) is 6.92 Å². The standard InChI is InChI=1S/C17H12ClN3S/c1-11-6-8-12(9-7-11)15-16(13-4-2-3-5-14(13)18)22-17-19-10-20-21(15)17/h2-10H,1H3. The quantitative estimate of drug-likeness (QED) is 0.514. The molecule has 0 saturated carbocycles. The first-order chi connectivity index (χ1) is 10.7. The predicted octanol–water partition coefficient (Wildman–Crippen LogP) is 5.09. The fourth-order valence-electron chi connectivity index (χ4n) is 2.48. The largest absolute Gasteiger partial charge is 0.213 e. The lowest BCUT2D eigenvalue weighted by atomic mass is 10.1. The Morgan fingerprint density at radius 3 is 2.59 bits per heavy atom. The molecule has 0 atom stereocenters. The Hall–Kier alpha value is -2.17. The molecule has 0 saturated heterocycles. The number of thiazole rings is 1. The van der Waals surface area contributed by atoms with Crippen LogP contribution >= 0.6 is 22.9 Å². The third-order valence-electron chi connectivity index (χ3n) is 3.58. The predicted molar refractivity (Wildman–Crippen MR) is 91.5 cm³/mol. The zero-order valence-corrected chi connectivity index (χ0v) is 13.4. The van der Waals surface area contributed by atoms with Gasteiger partial charge in [-0.25, -0.2) is 9.50 Å². The van der Waals surface area contributed by atoms with Crippen molar-refractivity contribution in [3.05, 3.63) is 65.4 Å². The van der Waals surface area contributed by atoms with E-state index in [-0.39, 0.29) is 0 Å². The van der Waals surface area contributed by atoms with Crippen molar-refractivity contribution >= 4 is 27.9 Å². The molecule has 0 radical (unpaired) electrons. The molecule has 2 heterocycles. The minimum atomic E-state index is 0.736. The zero-order chi connectivity index (χ0) is 15.1. The first-order valence-corrected chi connectivity index (χ1v) is 8.08. The summed E-state index contributed by atoms with van der Waals surface area (Å²) in [4.78, 5) is 6.28. The van der Waals surface area contributed by atoms with Gasteiger partial charge in [0.15, 0.2) is 0 Å². The van der Waals surface area contributed by atoms with Crippen LogP contribution in [0.1, 0.15) is 5.56 Å². The summed E-state index contributed by atoms with van der Waals surface area (Å²) in [7, 11) is 0. The van der Waals surface area contributed by atoms with Gasteiger partial charge in [0, 0.05) is 16.1 Å². The number of rotatable bonds is 2. The van der Waals surface area contributed by atoms with Gasteiger partial charge < -0.3 is 0 Å². The first kappa shape index (κ1) is 13.5. The van der Waals surface area contributed by atoms with Crippen molar-refractivity contribution in [2.24, 2.45) is 0 Å². The second-order valence-corrected chi connectivity index (χ2v) is 6.46. The maximum Gasteiger partial charge on any atom is 0.213 e. The Morgan fingerprint density at radius 2 is 1.82 bits per heavy atom. The summed E-state index contributed by atoms with van der Waals surface area (Å²) in [6, 6.07) is 16.3. The third kappa shape index (κ3) is 2.12. The number of fused-ring (bicyclic) bond motifs is 1. The molecule has 2 aromatic carbocycles. The number of nitrogens with zero attached hydrogens (tertiary/aromatic N) is 3. The third-order valence-corrected chi connectivity index (χ3v) is 4.99. The van der Waals surface area contributed by atoms with Crippen molar-refractivity contribution in [2.75, 3.05) is 0 Å². The second-order valence-electron chi connectivity index (χ2n) is 5.08. The summed E-state index contributed by atoms with van der Waals surface area (Å²) in [5.74, 6) is 0. The number of hydrogen-bond acceptors (Lipinski definition) is 3. The number of benzene rings is 2. The van der Waals surface area contributed by atoms with Gasteiger partial charge >= 0.3 is 0 Å². The maximum atomic E-state index is 6.39. The highest BCUT2D eigenvalue weighted by Gasteiger charge is 2.18. The van der Waals surface area contributed by atoms with Crippen LogP contribution in [0.3, 0.4) is 0 Å². The molecule has 0 aliphatic heterocycles. The van der Waals surface area contributed by atoms with Gasteiger partial charge in [-0.2, -0.15) is 5.10 Å². The normalized spacial score (nSPS) is 11.2. The van der Waals surface area contributed by atoms with E-state index in [0.717, 1.165) is 31.7 Å². The summed E-state index contributed by atoms with van der Waals surface area (Å²) < 4.78 is 1.88. The molecule has 5 heteroatoms. The Morgan fingerprint density at radius 1 is 1.05 bits per heavy atom. The summed E-state index contributed by atoms with van der Waals surface area (Å²) >= 11 is 8.00. The molecular formula is C17H12ClN3S. The van der Waals surface area contributed by atoms with Crippen LogP contribution in [-0.2, 0) is 0 Å². The minimum Gasteiger partial charge on any atom is -0.206 e. The number of aromatic nitrogens is 3. The molecule has 0 amide bonds. The number of halogens is 1. The average molecular weight is 326 g/mol.